The van der Waals surface area contributed by atoms with E-state index in [1.54, 1.807) is 27.7 Å². The molecule has 0 amide bonds. The summed E-state index contributed by atoms with van der Waals surface area (Å²) in [5.74, 6) is -2.49. The van der Waals surface area contributed by atoms with Crippen LogP contribution < -0.4 is 0 Å². The molecule has 1 N–H and O–H groups in total. The first-order valence-electron chi connectivity index (χ1n) is 6.44. The number of aliphatic carboxylic acids is 1. The summed E-state index contributed by atoms with van der Waals surface area (Å²) in [6.07, 6.45) is -0.755. The number of hydrogen-bond acceptors (Lipinski definition) is 4. The van der Waals surface area contributed by atoms with Crippen molar-refractivity contribution in [1.82, 2.24) is 0 Å². The van der Waals surface area contributed by atoms with E-state index in [1.165, 1.54) is 0 Å². The Labute approximate surface area is 115 Å². The van der Waals surface area contributed by atoms with Crippen molar-refractivity contribution >= 4 is 11.9 Å². The van der Waals surface area contributed by atoms with Crippen molar-refractivity contribution < 1.29 is 24.2 Å². The van der Waals surface area contributed by atoms with Crippen molar-refractivity contribution in [3.8, 4) is 0 Å². The third-order valence-electron chi connectivity index (χ3n) is 2.23. The third kappa shape index (κ3) is 8.59. The predicted molar refractivity (Wildman–Crippen MR) is 71.9 cm³/mol. The molecule has 0 saturated carbocycles. The number of ether oxygens (including phenoxy) is 2. The molecule has 0 bridgehead atoms. The average molecular weight is 274 g/mol. The quantitative estimate of drug-likeness (QED) is 0.780. The van der Waals surface area contributed by atoms with Crippen LogP contribution in [0.4, 0.5) is 0 Å². The molecule has 5 nitrogen and oxygen atoms in total. The van der Waals surface area contributed by atoms with Gasteiger partial charge in [-0.2, -0.15) is 0 Å². The van der Waals surface area contributed by atoms with Gasteiger partial charge >= 0.3 is 11.9 Å². The van der Waals surface area contributed by atoms with Crippen molar-refractivity contribution in [2.75, 3.05) is 0 Å². The molecule has 19 heavy (non-hydrogen) atoms. The maximum Gasteiger partial charge on any atom is 0.309 e. The standard InChI is InChI=1S/C14H26O5/c1-9(18-13(2,3)4)10(12(16)17)8-11(15)19-14(5,6)7/h9-10H,8H2,1-7H3,(H,16,17)/t9-,10-/m0/s1. The van der Waals surface area contributed by atoms with Crippen molar-refractivity contribution in [2.45, 2.75) is 72.2 Å². The molecular formula is C14H26O5. The van der Waals surface area contributed by atoms with Gasteiger partial charge < -0.3 is 14.6 Å². The van der Waals surface area contributed by atoms with Gasteiger partial charge in [0, 0.05) is 0 Å². The van der Waals surface area contributed by atoms with Crippen LogP contribution in [-0.4, -0.2) is 34.4 Å². The maximum atomic E-state index is 11.7. The van der Waals surface area contributed by atoms with Crippen molar-refractivity contribution in [3.63, 3.8) is 0 Å². The normalized spacial score (nSPS) is 15.7. The summed E-state index contributed by atoms with van der Waals surface area (Å²) in [7, 11) is 0. The monoisotopic (exact) mass is 274 g/mol. The van der Waals surface area contributed by atoms with Crippen molar-refractivity contribution in [2.24, 2.45) is 5.92 Å². The molecule has 0 aromatic rings. The van der Waals surface area contributed by atoms with Gasteiger partial charge in [-0.3, -0.25) is 9.59 Å². The molecule has 0 aliphatic rings. The minimum absolute atomic E-state index is 0.191. The Balaban J connectivity index is 4.67. The number of carbonyl (C=O) groups excluding carboxylic acids is 1. The number of carboxylic acid groups (broad SMARTS) is 1. The highest BCUT2D eigenvalue weighted by atomic mass is 16.6. The first kappa shape index (κ1) is 17.9. The third-order valence-corrected chi connectivity index (χ3v) is 2.23. The first-order chi connectivity index (χ1) is 8.32. The summed E-state index contributed by atoms with van der Waals surface area (Å²) >= 11 is 0. The highest BCUT2D eigenvalue weighted by molar-refractivity contribution is 5.79. The first-order valence-corrected chi connectivity index (χ1v) is 6.44. The van der Waals surface area contributed by atoms with Gasteiger partial charge in [0.05, 0.1) is 24.0 Å². The largest absolute Gasteiger partial charge is 0.481 e. The minimum atomic E-state index is -1.05. The number of rotatable bonds is 5. The fourth-order valence-electron chi connectivity index (χ4n) is 1.66. The molecule has 0 aliphatic carbocycles. The lowest BCUT2D eigenvalue weighted by Gasteiger charge is -2.29. The number of carboxylic acids is 1. The van der Waals surface area contributed by atoms with Gasteiger partial charge in [0.15, 0.2) is 0 Å². The summed E-state index contributed by atoms with van der Waals surface area (Å²) in [6.45, 7) is 12.4. The van der Waals surface area contributed by atoms with Crippen LogP contribution in [0.15, 0.2) is 0 Å². The minimum Gasteiger partial charge on any atom is -0.481 e. The van der Waals surface area contributed by atoms with Crippen LogP contribution in [0.25, 0.3) is 0 Å². The lowest BCUT2D eigenvalue weighted by atomic mass is 9.98. The molecule has 0 fully saturated rings. The molecule has 0 unspecified atom stereocenters. The van der Waals surface area contributed by atoms with E-state index in [0.717, 1.165) is 0 Å². The van der Waals surface area contributed by atoms with E-state index in [4.69, 9.17) is 9.47 Å². The zero-order valence-electron chi connectivity index (χ0n) is 12.9. The van der Waals surface area contributed by atoms with Gasteiger partial charge in [-0.1, -0.05) is 0 Å². The molecule has 0 aliphatic heterocycles. The summed E-state index contributed by atoms with van der Waals surface area (Å²) < 4.78 is 10.7. The summed E-state index contributed by atoms with van der Waals surface area (Å²) in [5, 5.41) is 9.20. The van der Waals surface area contributed by atoms with E-state index < -0.39 is 35.2 Å². The zero-order chi connectivity index (χ0) is 15.4. The zero-order valence-corrected chi connectivity index (χ0v) is 12.9. The van der Waals surface area contributed by atoms with Gasteiger partial charge in [-0.25, -0.2) is 0 Å². The second kappa shape index (κ2) is 6.37. The molecule has 5 heteroatoms. The van der Waals surface area contributed by atoms with Gasteiger partial charge in [0.2, 0.25) is 0 Å². The van der Waals surface area contributed by atoms with E-state index in [1.807, 2.05) is 20.8 Å². The summed E-state index contributed by atoms with van der Waals surface area (Å²) in [5.41, 5.74) is -1.07. The van der Waals surface area contributed by atoms with Crippen molar-refractivity contribution in [3.05, 3.63) is 0 Å². The van der Waals surface area contributed by atoms with E-state index in [9.17, 15) is 14.7 Å². The van der Waals surface area contributed by atoms with Gasteiger partial charge in [0.1, 0.15) is 5.60 Å². The van der Waals surface area contributed by atoms with Crippen LogP contribution in [0.5, 0.6) is 0 Å². The fourth-order valence-corrected chi connectivity index (χ4v) is 1.66. The summed E-state index contributed by atoms with van der Waals surface area (Å²) in [4.78, 5) is 22.9. The van der Waals surface area contributed by atoms with Crippen LogP contribution in [-0.2, 0) is 19.1 Å². The molecule has 2 atom stereocenters. The van der Waals surface area contributed by atoms with Crippen LogP contribution >= 0.6 is 0 Å². The van der Waals surface area contributed by atoms with Gasteiger partial charge in [-0.05, 0) is 48.5 Å². The van der Waals surface area contributed by atoms with Gasteiger partial charge in [-0.15, -0.1) is 0 Å². The van der Waals surface area contributed by atoms with Crippen LogP contribution in [0.2, 0.25) is 0 Å². The fraction of sp³-hybridized carbons (Fsp3) is 0.857. The van der Waals surface area contributed by atoms with E-state index in [0.29, 0.717) is 0 Å². The Hall–Kier alpha value is -1.10. The highest BCUT2D eigenvalue weighted by Gasteiger charge is 2.32. The molecule has 0 radical (unpaired) electrons. The lowest BCUT2D eigenvalue weighted by molar-refractivity contribution is -0.166. The SMILES string of the molecule is C[C@H](OC(C)(C)C)[C@H](CC(=O)OC(C)(C)C)C(=O)O. The van der Waals surface area contributed by atoms with Crippen LogP contribution in [0.3, 0.4) is 0 Å². The van der Waals surface area contributed by atoms with E-state index >= 15 is 0 Å². The Bertz CT molecular complexity index is 322. The Kier molecular flexibility index (Phi) is 6.00. The molecule has 0 saturated heterocycles. The molecule has 0 aromatic carbocycles. The second-order valence-electron chi connectivity index (χ2n) is 6.67. The maximum absolute atomic E-state index is 11.7. The average Bonchev–Trinajstić information content (AvgIpc) is 2.07. The van der Waals surface area contributed by atoms with E-state index in [-0.39, 0.29) is 6.42 Å². The molecule has 0 spiro atoms. The van der Waals surface area contributed by atoms with Crippen LogP contribution in [0, 0.1) is 5.92 Å². The van der Waals surface area contributed by atoms with E-state index in [2.05, 4.69) is 0 Å². The Morgan fingerprint density at radius 2 is 1.53 bits per heavy atom. The number of carbonyl (C=O) groups is 2. The topological polar surface area (TPSA) is 72.8 Å². The number of hydrogen-bond donors (Lipinski definition) is 1. The molecule has 112 valence electrons. The predicted octanol–water partition coefficient (Wildman–Crippen LogP) is 2.62. The number of esters is 1. The molecule has 0 heterocycles. The van der Waals surface area contributed by atoms with Crippen LogP contribution in [0.1, 0.15) is 54.9 Å². The summed E-state index contributed by atoms with van der Waals surface area (Å²) in [6, 6.07) is 0. The van der Waals surface area contributed by atoms with Gasteiger partial charge in [0.25, 0.3) is 0 Å². The Morgan fingerprint density at radius 3 is 1.84 bits per heavy atom. The van der Waals surface area contributed by atoms with Crippen molar-refractivity contribution in [1.29, 1.82) is 0 Å². The smallest absolute Gasteiger partial charge is 0.309 e. The molecular weight excluding hydrogens is 248 g/mol. The Morgan fingerprint density at radius 1 is 1.05 bits per heavy atom. The lowest BCUT2D eigenvalue weighted by Crippen LogP contribution is -2.37. The molecule has 0 rings (SSSR count). The second-order valence-corrected chi connectivity index (χ2v) is 6.67. The molecule has 0 aromatic heterocycles. The highest BCUT2D eigenvalue weighted by Crippen LogP contribution is 2.21.